The molecule has 4 nitrogen and oxygen atoms in total. The van der Waals surface area contributed by atoms with Crippen LogP contribution < -0.4 is 15.4 Å². The van der Waals surface area contributed by atoms with Crippen LogP contribution >= 0.6 is 0 Å². The van der Waals surface area contributed by atoms with E-state index in [-0.39, 0.29) is 17.4 Å². The first-order chi connectivity index (χ1) is 8.79. The number of likely N-dealkylation sites (N-methyl/N-ethyl adjacent to an activating group) is 1. The molecule has 2 N–H and O–H groups in total. The quantitative estimate of drug-likeness (QED) is 0.878. The summed E-state index contributed by atoms with van der Waals surface area (Å²) in [5.74, 6) is 0.687. The maximum Gasteiger partial charge on any atom is 0.241 e. The molecular formula is C15H24N2O2. The van der Waals surface area contributed by atoms with Crippen molar-refractivity contribution in [2.75, 3.05) is 19.5 Å². The van der Waals surface area contributed by atoms with E-state index < -0.39 is 0 Å². The minimum atomic E-state index is -0.311. The van der Waals surface area contributed by atoms with E-state index in [1.54, 1.807) is 14.2 Å². The average molecular weight is 264 g/mol. The van der Waals surface area contributed by atoms with E-state index in [1.807, 2.05) is 19.1 Å². The predicted molar refractivity (Wildman–Crippen MR) is 78.8 cm³/mol. The lowest BCUT2D eigenvalue weighted by molar-refractivity contribution is -0.121. The second kappa shape index (κ2) is 5.95. The van der Waals surface area contributed by atoms with E-state index in [9.17, 15) is 4.79 Å². The SMILES string of the molecule is CNC(=O)[C@@H](C)Nc1cc(C(C)(C)C)ccc1OC. The van der Waals surface area contributed by atoms with Crippen molar-refractivity contribution >= 4 is 11.6 Å². The van der Waals surface area contributed by atoms with Gasteiger partial charge in [-0.2, -0.15) is 0 Å². The van der Waals surface area contributed by atoms with Gasteiger partial charge < -0.3 is 15.4 Å². The van der Waals surface area contributed by atoms with E-state index in [0.717, 1.165) is 11.4 Å². The third-order valence-electron chi connectivity index (χ3n) is 3.08. The van der Waals surface area contributed by atoms with Crippen LogP contribution in [0.1, 0.15) is 33.3 Å². The minimum Gasteiger partial charge on any atom is -0.495 e. The van der Waals surface area contributed by atoms with Gasteiger partial charge in [-0.05, 0) is 30.0 Å². The maximum absolute atomic E-state index is 11.6. The maximum atomic E-state index is 11.6. The molecule has 1 rings (SSSR count). The Balaban J connectivity index is 3.06. The Morgan fingerprint density at radius 2 is 1.95 bits per heavy atom. The van der Waals surface area contributed by atoms with Gasteiger partial charge in [0.15, 0.2) is 0 Å². The molecule has 0 aromatic heterocycles. The molecule has 0 bridgehead atoms. The number of hydrogen-bond acceptors (Lipinski definition) is 3. The van der Waals surface area contributed by atoms with Crippen LogP contribution in [-0.2, 0) is 10.2 Å². The summed E-state index contributed by atoms with van der Waals surface area (Å²) in [7, 11) is 3.26. The predicted octanol–water partition coefficient (Wildman–Crippen LogP) is 2.54. The number of nitrogens with one attached hydrogen (secondary N) is 2. The van der Waals surface area contributed by atoms with Crippen molar-refractivity contribution in [3.05, 3.63) is 23.8 Å². The van der Waals surface area contributed by atoms with E-state index in [2.05, 4.69) is 37.5 Å². The number of carbonyl (C=O) groups excluding carboxylic acids is 1. The Hall–Kier alpha value is -1.71. The van der Waals surface area contributed by atoms with Crippen LogP contribution in [0.15, 0.2) is 18.2 Å². The molecule has 0 unspecified atom stereocenters. The zero-order chi connectivity index (χ0) is 14.6. The zero-order valence-electron chi connectivity index (χ0n) is 12.6. The molecule has 0 aliphatic rings. The lowest BCUT2D eigenvalue weighted by Crippen LogP contribution is -2.35. The lowest BCUT2D eigenvalue weighted by atomic mass is 9.86. The molecule has 1 aromatic carbocycles. The summed E-state index contributed by atoms with van der Waals surface area (Å²) in [5.41, 5.74) is 2.09. The van der Waals surface area contributed by atoms with Crippen molar-refractivity contribution in [1.82, 2.24) is 5.32 Å². The number of benzene rings is 1. The standard InChI is InChI=1S/C15H24N2O2/c1-10(14(18)16-5)17-12-9-11(15(2,3)4)7-8-13(12)19-6/h7-10,17H,1-6H3,(H,16,18)/t10-/m1/s1. The highest BCUT2D eigenvalue weighted by Gasteiger charge is 2.18. The average Bonchev–Trinajstić information content (AvgIpc) is 2.36. The van der Waals surface area contributed by atoms with E-state index in [0.29, 0.717) is 0 Å². The first kappa shape index (κ1) is 15.3. The normalized spacial score (nSPS) is 12.7. The zero-order valence-corrected chi connectivity index (χ0v) is 12.6. The van der Waals surface area contributed by atoms with Gasteiger partial charge >= 0.3 is 0 Å². The van der Waals surface area contributed by atoms with Crippen molar-refractivity contribution in [3.8, 4) is 5.75 Å². The fourth-order valence-electron chi connectivity index (χ4n) is 1.80. The van der Waals surface area contributed by atoms with Crippen molar-refractivity contribution in [1.29, 1.82) is 0 Å². The summed E-state index contributed by atoms with van der Waals surface area (Å²) in [5, 5.41) is 5.81. The second-order valence-electron chi connectivity index (χ2n) is 5.65. The van der Waals surface area contributed by atoms with Gasteiger partial charge in [-0.25, -0.2) is 0 Å². The topological polar surface area (TPSA) is 50.4 Å². The number of ether oxygens (including phenoxy) is 1. The highest BCUT2D eigenvalue weighted by molar-refractivity contribution is 5.84. The molecule has 1 aromatic rings. The third-order valence-corrected chi connectivity index (χ3v) is 3.08. The van der Waals surface area contributed by atoms with Gasteiger partial charge in [-0.15, -0.1) is 0 Å². The molecule has 19 heavy (non-hydrogen) atoms. The smallest absolute Gasteiger partial charge is 0.241 e. The molecule has 1 atom stereocenters. The third kappa shape index (κ3) is 3.88. The van der Waals surface area contributed by atoms with Gasteiger partial charge in [0.05, 0.1) is 12.8 Å². The summed E-state index contributed by atoms with van der Waals surface area (Å²) >= 11 is 0. The molecule has 0 radical (unpaired) electrons. The number of hydrogen-bond donors (Lipinski definition) is 2. The highest BCUT2D eigenvalue weighted by atomic mass is 16.5. The molecule has 1 amide bonds. The van der Waals surface area contributed by atoms with Crippen molar-refractivity contribution < 1.29 is 9.53 Å². The molecule has 0 heterocycles. The molecule has 0 saturated carbocycles. The fraction of sp³-hybridized carbons (Fsp3) is 0.533. The molecule has 0 aliphatic heterocycles. The first-order valence-electron chi connectivity index (χ1n) is 6.46. The Morgan fingerprint density at radius 1 is 1.32 bits per heavy atom. The van der Waals surface area contributed by atoms with Gasteiger partial charge in [-0.1, -0.05) is 26.8 Å². The molecule has 0 spiro atoms. The Kier molecular flexibility index (Phi) is 4.81. The van der Waals surface area contributed by atoms with Crippen LogP contribution in [0.2, 0.25) is 0 Å². The summed E-state index contributed by atoms with van der Waals surface area (Å²) in [4.78, 5) is 11.6. The van der Waals surface area contributed by atoms with Gasteiger partial charge in [0.1, 0.15) is 11.8 Å². The van der Waals surface area contributed by atoms with Crippen molar-refractivity contribution in [2.45, 2.75) is 39.2 Å². The minimum absolute atomic E-state index is 0.0526. The lowest BCUT2D eigenvalue weighted by Gasteiger charge is -2.22. The fourth-order valence-corrected chi connectivity index (χ4v) is 1.80. The van der Waals surface area contributed by atoms with Crippen molar-refractivity contribution in [2.24, 2.45) is 0 Å². The number of anilines is 1. The number of amides is 1. The summed E-state index contributed by atoms with van der Waals surface area (Å²) in [6.45, 7) is 8.28. The summed E-state index contributed by atoms with van der Waals surface area (Å²) in [6.07, 6.45) is 0. The summed E-state index contributed by atoms with van der Waals surface area (Å²) in [6, 6.07) is 5.71. The van der Waals surface area contributed by atoms with Gasteiger partial charge in [0.25, 0.3) is 0 Å². The van der Waals surface area contributed by atoms with Crippen LogP contribution in [0.5, 0.6) is 5.75 Å². The van der Waals surface area contributed by atoms with Crippen LogP contribution in [0.3, 0.4) is 0 Å². The molecule has 0 fully saturated rings. The first-order valence-corrected chi connectivity index (χ1v) is 6.46. The van der Waals surface area contributed by atoms with Gasteiger partial charge in [-0.3, -0.25) is 4.79 Å². The number of rotatable bonds is 4. The Morgan fingerprint density at radius 3 is 2.42 bits per heavy atom. The van der Waals surface area contributed by atoms with E-state index in [1.165, 1.54) is 5.56 Å². The van der Waals surface area contributed by atoms with Crippen LogP contribution in [0, 0.1) is 0 Å². The van der Waals surface area contributed by atoms with Crippen LogP contribution in [0.25, 0.3) is 0 Å². The van der Waals surface area contributed by atoms with Gasteiger partial charge in [0, 0.05) is 7.05 Å². The highest BCUT2D eigenvalue weighted by Crippen LogP contribution is 2.31. The van der Waals surface area contributed by atoms with Crippen LogP contribution in [0.4, 0.5) is 5.69 Å². The second-order valence-corrected chi connectivity index (χ2v) is 5.65. The summed E-state index contributed by atoms with van der Waals surface area (Å²) < 4.78 is 5.33. The molecule has 106 valence electrons. The van der Waals surface area contributed by atoms with E-state index in [4.69, 9.17) is 4.74 Å². The van der Waals surface area contributed by atoms with Gasteiger partial charge in [0.2, 0.25) is 5.91 Å². The number of methoxy groups -OCH3 is 1. The molecule has 0 saturated heterocycles. The monoisotopic (exact) mass is 264 g/mol. The largest absolute Gasteiger partial charge is 0.495 e. The Bertz CT molecular complexity index is 450. The molecule has 4 heteroatoms. The number of carbonyl (C=O) groups is 1. The molecular weight excluding hydrogens is 240 g/mol. The molecule has 0 aliphatic carbocycles. The van der Waals surface area contributed by atoms with Crippen LogP contribution in [-0.4, -0.2) is 26.1 Å². The van der Waals surface area contributed by atoms with Crippen molar-refractivity contribution in [3.63, 3.8) is 0 Å². The Labute approximate surface area is 115 Å². The van der Waals surface area contributed by atoms with E-state index >= 15 is 0 Å².